The largest absolute Gasteiger partial charge is 0.465 e. The minimum absolute atomic E-state index is 0.0208. The van der Waals surface area contributed by atoms with Crippen LogP contribution in [0.2, 0.25) is 0 Å². The third kappa shape index (κ3) is 6.62. The number of thiophene rings is 1. The lowest BCUT2D eigenvalue weighted by atomic mass is 10.1. The van der Waals surface area contributed by atoms with Crippen molar-refractivity contribution in [2.75, 3.05) is 23.1 Å². The fourth-order valence-electron chi connectivity index (χ4n) is 3.79. The van der Waals surface area contributed by atoms with Crippen LogP contribution in [0.5, 0.6) is 0 Å². The Morgan fingerprint density at radius 2 is 1.71 bits per heavy atom. The van der Waals surface area contributed by atoms with Crippen LogP contribution in [-0.4, -0.2) is 36.1 Å². The number of rotatable bonds is 10. The summed E-state index contributed by atoms with van der Waals surface area (Å²) in [5.74, 6) is -1.19. The summed E-state index contributed by atoms with van der Waals surface area (Å²) >= 11 is 2.40. The van der Waals surface area contributed by atoms with E-state index in [1.54, 1.807) is 19.1 Å². The Morgan fingerprint density at radius 1 is 1.00 bits per heavy atom. The van der Waals surface area contributed by atoms with Crippen LogP contribution >= 0.6 is 23.1 Å². The number of esters is 1. The summed E-state index contributed by atoms with van der Waals surface area (Å²) in [5, 5.41) is 8.39. The zero-order valence-electron chi connectivity index (χ0n) is 21.3. The second-order valence-corrected chi connectivity index (χ2v) is 11.2. The van der Waals surface area contributed by atoms with Gasteiger partial charge in [0.05, 0.1) is 22.8 Å². The number of hydrogen-bond donors (Lipinski definition) is 3. The Kier molecular flexibility index (Phi) is 8.85. The maximum absolute atomic E-state index is 13.3. The normalized spacial score (nSPS) is 13.3. The van der Waals surface area contributed by atoms with Crippen molar-refractivity contribution < 1.29 is 23.9 Å². The summed E-state index contributed by atoms with van der Waals surface area (Å²) in [5.41, 5.74) is 1.91. The molecule has 1 fully saturated rings. The fourth-order valence-corrected chi connectivity index (χ4v) is 5.90. The van der Waals surface area contributed by atoms with E-state index in [4.69, 9.17) is 4.74 Å². The van der Waals surface area contributed by atoms with E-state index in [1.807, 2.05) is 49.4 Å². The number of thioether (sulfide) groups is 1. The number of para-hydroxylation sites is 1. The van der Waals surface area contributed by atoms with Crippen LogP contribution in [-0.2, 0) is 14.3 Å². The molecular weight excluding hydrogens is 522 g/mol. The third-order valence-electron chi connectivity index (χ3n) is 6.00. The number of nitrogens with one attached hydrogen (secondary N) is 3. The lowest BCUT2D eigenvalue weighted by Crippen LogP contribution is -2.25. The van der Waals surface area contributed by atoms with Crippen LogP contribution in [0.1, 0.15) is 51.8 Å². The molecule has 1 saturated carbocycles. The molecule has 198 valence electrons. The second kappa shape index (κ2) is 12.3. The second-order valence-electron chi connectivity index (χ2n) is 8.87. The van der Waals surface area contributed by atoms with E-state index in [-0.39, 0.29) is 34.2 Å². The minimum atomic E-state index is -0.632. The molecule has 4 rings (SSSR count). The highest BCUT2D eigenvalue weighted by Gasteiger charge is 2.30. The lowest BCUT2D eigenvalue weighted by Gasteiger charge is -2.15. The van der Waals surface area contributed by atoms with Gasteiger partial charge in [0.25, 0.3) is 5.91 Å². The van der Waals surface area contributed by atoms with Crippen LogP contribution in [0.3, 0.4) is 0 Å². The van der Waals surface area contributed by atoms with Gasteiger partial charge >= 0.3 is 5.97 Å². The fraction of sp³-hybridized carbons (Fsp3) is 0.286. The Morgan fingerprint density at radius 3 is 2.37 bits per heavy atom. The SMILES string of the molecule is CCC(Sc1cccc(NC(=O)C2CC2)c1)C(=O)Nc1sc(C(=O)Nc2ccccc2)c(C)c1C(=O)OC. The van der Waals surface area contributed by atoms with Crippen LogP contribution < -0.4 is 16.0 Å². The topological polar surface area (TPSA) is 114 Å². The number of methoxy groups -OCH3 is 1. The van der Waals surface area contributed by atoms with Gasteiger partial charge in [0.1, 0.15) is 5.00 Å². The van der Waals surface area contributed by atoms with Crippen molar-refractivity contribution in [1.29, 1.82) is 0 Å². The molecule has 10 heteroatoms. The Labute approximate surface area is 229 Å². The number of benzene rings is 2. The predicted octanol–water partition coefficient (Wildman–Crippen LogP) is 5.95. The Hall–Kier alpha value is -3.63. The van der Waals surface area contributed by atoms with E-state index < -0.39 is 11.2 Å². The van der Waals surface area contributed by atoms with E-state index in [0.717, 1.165) is 29.1 Å². The highest BCUT2D eigenvalue weighted by Crippen LogP contribution is 2.36. The van der Waals surface area contributed by atoms with Gasteiger partial charge in [0.2, 0.25) is 11.8 Å². The number of amides is 3. The monoisotopic (exact) mass is 551 g/mol. The van der Waals surface area contributed by atoms with Gasteiger partial charge in [-0.05, 0) is 62.1 Å². The maximum atomic E-state index is 13.3. The average Bonchev–Trinajstić information content (AvgIpc) is 3.71. The summed E-state index contributed by atoms with van der Waals surface area (Å²) in [6, 6.07) is 16.4. The first-order chi connectivity index (χ1) is 18.3. The standard InChI is InChI=1S/C28H29N3O5S2/c1-4-21(37-20-12-8-11-19(15-20)30-24(32)17-13-14-17)25(33)31-27-22(28(35)36-3)16(2)23(38-27)26(34)29-18-9-6-5-7-10-18/h5-12,15,17,21H,4,13-14H2,1-3H3,(H,29,34)(H,30,32)(H,31,33). The van der Waals surface area contributed by atoms with Gasteiger partial charge in [-0.1, -0.05) is 31.2 Å². The minimum Gasteiger partial charge on any atom is -0.465 e. The Balaban J connectivity index is 1.51. The van der Waals surface area contributed by atoms with Crippen molar-refractivity contribution in [2.24, 2.45) is 5.92 Å². The molecule has 1 aliphatic rings. The van der Waals surface area contributed by atoms with Crippen molar-refractivity contribution in [3.8, 4) is 0 Å². The van der Waals surface area contributed by atoms with Crippen molar-refractivity contribution in [2.45, 2.75) is 43.3 Å². The van der Waals surface area contributed by atoms with E-state index in [2.05, 4.69) is 16.0 Å². The van der Waals surface area contributed by atoms with Gasteiger partial charge in [-0.3, -0.25) is 14.4 Å². The molecule has 0 bridgehead atoms. The predicted molar refractivity (Wildman–Crippen MR) is 151 cm³/mol. The van der Waals surface area contributed by atoms with Crippen LogP contribution in [0, 0.1) is 12.8 Å². The molecule has 1 atom stereocenters. The molecule has 0 spiro atoms. The first-order valence-corrected chi connectivity index (χ1v) is 14.0. The molecule has 0 saturated heterocycles. The summed E-state index contributed by atoms with van der Waals surface area (Å²) in [6.07, 6.45) is 2.36. The van der Waals surface area contributed by atoms with Gasteiger partial charge in [0, 0.05) is 22.2 Å². The van der Waals surface area contributed by atoms with Crippen molar-refractivity contribution in [3.63, 3.8) is 0 Å². The molecule has 3 N–H and O–H groups in total. The van der Waals surface area contributed by atoms with Gasteiger partial charge in [-0.25, -0.2) is 4.79 Å². The highest BCUT2D eigenvalue weighted by molar-refractivity contribution is 8.00. The van der Waals surface area contributed by atoms with Crippen molar-refractivity contribution in [3.05, 3.63) is 70.6 Å². The number of carbonyl (C=O) groups excluding carboxylic acids is 4. The molecule has 8 nitrogen and oxygen atoms in total. The summed E-state index contributed by atoms with van der Waals surface area (Å²) in [7, 11) is 1.26. The molecular formula is C28H29N3O5S2. The summed E-state index contributed by atoms with van der Waals surface area (Å²) in [4.78, 5) is 52.2. The number of ether oxygens (including phenoxy) is 1. The summed E-state index contributed by atoms with van der Waals surface area (Å²) < 4.78 is 4.94. The molecule has 0 aliphatic heterocycles. The molecule has 2 aromatic carbocycles. The first kappa shape index (κ1) is 27.4. The molecule has 3 amide bonds. The third-order valence-corrected chi connectivity index (χ3v) is 8.57. The van der Waals surface area contributed by atoms with Gasteiger partial charge in [0.15, 0.2) is 0 Å². The molecule has 0 radical (unpaired) electrons. The maximum Gasteiger partial charge on any atom is 0.341 e. The summed E-state index contributed by atoms with van der Waals surface area (Å²) in [6.45, 7) is 3.56. The molecule has 1 unspecified atom stereocenters. The van der Waals surface area contributed by atoms with Crippen LogP contribution in [0.4, 0.5) is 16.4 Å². The molecule has 3 aromatic rings. The smallest absolute Gasteiger partial charge is 0.341 e. The lowest BCUT2D eigenvalue weighted by molar-refractivity contribution is -0.117. The quantitative estimate of drug-likeness (QED) is 0.212. The zero-order chi connectivity index (χ0) is 27.2. The first-order valence-electron chi connectivity index (χ1n) is 12.3. The van der Waals surface area contributed by atoms with Gasteiger partial charge < -0.3 is 20.7 Å². The average molecular weight is 552 g/mol. The van der Waals surface area contributed by atoms with Crippen LogP contribution in [0.15, 0.2) is 59.5 Å². The number of carbonyl (C=O) groups is 4. The van der Waals surface area contributed by atoms with Crippen molar-refractivity contribution >= 4 is 63.2 Å². The molecule has 1 heterocycles. The highest BCUT2D eigenvalue weighted by atomic mass is 32.2. The molecule has 1 aromatic heterocycles. The van der Waals surface area contributed by atoms with Gasteiger partial charge in [-0.15, -0.1) is 23.1 Å². The van der Waals surface area contributed by atoms with E-state index >= 15 is 0 Å². The van der Waals surface area contributed by atoms with E-state index in [0.29, 0.717) is 28.2 Å². The number of hydrogen-bond acceptors (Lipinski definition) is 7. The molecule has 38 heavy (non-hydrogen) atoms. The van der Waals surface area contributed by atoms with Gasteiger partial charge in [-0.2, -0.15) is 0 Å². The van der Waals surface area contributed by atoms with Crippen LogP contribution in [0.25, 0.3) is 0 Å². The molecule has 1 aliphatic carbocycles. The van der Waals surface area contributed by atoms with E-state index in [9.17, 15) is 19.2 Å². The zero-order valence-corrected chi connectivity index (χ0v) is 23.0. The van der Waals surface area contributed by atoms with Crippen molar-refractivity contribution in [1.82, 2.24) is 0 Å². The number of anilines is 3. The van der Waals surface area contributed by atoms with E-state index in [1.165, 1.54) is 18.9 Å². The Bertz CT molecular complexity index is 1350.